The Morgan fingerprint density at radius 2 is 1.57 bits per heavy atom. The van der Waals surface area contributed by atoms with Crippen molar-refractivity contribution in [3.05, 3.63) is 69.4 Å². The van der Waals surface area contributed by atoms with Crippen LogP contribution in [0.5, 0.6) is 0 Å². The molecule has 0 saturated heterocycles. The minimum absolute atomic E-state index is 0.673. The second-order valence-corrected chi connectivity index (χ2v) is 6.94. The number of aldehydes is 1. The quantitative estimate of drug-likeness (QED) is 0.481. The highest BCUT2D eigenvalue weighted by atomic mass is 32.1. The van der Waals surface area contributed by atoms with Crippen LogP contribution in [0, 0.1) is 18.8 Å². The summed E-state index contributed by atoms with van der Waals surface area (Å²) in [6.45, 7) is 2.12. The molecule has 0 radical (unpaired) electrons. The molecule has 102 valence electrons. The van der Waals surface area contributed by atoms with E-state index in [-0.39, 0.29) is 0 Å². The molecule has 0 aliphatic carbocycles. The van der Waals surface area contributed by atoms with E-state index in [1.54, 1.807) is 34.8 Å². The molecule has 3 heteroatoms. The van der Waals surface area contributed by atoms with Crippen molar-refractivity contribution in [2.45, 2.75) is 6.92 Å². The average molecular weight is 308 g/mol. The van der Waals surface area contributed by atoms with Crippen LogP contribution in [-0.4, -0.2) is 6.29 Å². The summed E-state index contributed by atoms with van der Waals surface area (Å²) >= 11 is 3.51. The molecule has 0 spiro atoms. The summed E-state index contributed by atoms with van der Waals surface area (Å²) in [5.41, 5.74) is 1.59. The molecule has 0 bridgehead atoms. The van der Waals surface area contributed by atoms with E-state index < -0.39 is 0 Å². The Bertz CT molecular complexity index is 826. The van der Waals surface area contributed by atoms with E-state index in [1.807, 2.05) is 12.1 Å². The van der Waals surface area contributed by atoms with E-state index in [9.17, 15) is 4.79 Å². The summed E-state index contributed by atoms with van der Waals surface area (Å²) in [5.74, 6) is 6.31. The van der Waals surface area contributed by atoms with E-state index in [0.717, 1.165) is 16.7 Å². The van der Waals surface area contributed by atoms with Crippen LogP contribution in [0.2, 0.25) is 0 Å². The number of benzene rings is 1. The molecule has 21 heavy (non-hydrogen) atoms. The van der Waals surface area contributed by atoms with Crippen molar-refractivity contribution in [3.63, 3.8) is 0 Å². The lowest BCUT2D eigenvalue weighted by molar-refractivity contribution is 0.112. The smallest absolute Gasteiger partial charge is 0.150 e. The molecule has 1 nitrogen and oxygen atoms in total. The van der Waals surface area contributed by atoms with Crippen molar-refractivity contribution in [3.8, 4) is 21.6 Å². The molecule has 0 amide bonds. The molecule has 0 aliphatic rings. The number of aryl methyl sites for hydroxylation is 1. The molecule has 0 unspecified atom stereocenters. The third-order valence-corrected chi connectivity index (χ3v) is 5.16. The van der Waals surface area contributed by atoms with Gasteiger partial charge in [-0.3, -0.25) is 4.79 Å². The fraction of sp³-hybridized carbons (Fsp3) is 0.0556. The Balaban J connectivity index is 1.81. The van der Waals surface area contributed by atoms with E-state index in [0.29, 0.717) is 5.56 Å². The van der Waals surface area contributed by atoms with Crippen LogP contribution in [0.4, 0.5) is 0 Å². The highest BCUT2D eigenvalue weighted by molar-refractivity contribution is 7.22. The van der Waals surface area contributed by atoms with Crippen molar-refractivity contribution in [1.82, 2.24) is 0 Å². The third kappa shape index (κ3) is 3.30. The largest absolute Gasteiger partial charge is 0.298 e. The van der Waals surface area contributed by atoms with Gasteiger partial charge < -0.3 is 0 Å². The number of hydrogen-bond donors (Lipinski definition) is 0. The summed E-state index contributed by atoms with van der Waals surface area (Å²) in [4.78, 5) is 15.5. The molecule has 0 N–H and O–H groups in total. The van der Waals surface area contributed by atoms with Crippen LogP contribution in [0.15, 0.2) is 48.5 Å². The lowest BCUT2D eigenvalue weighted by Gasteiger charge is -1.90. The molecule has 3 aromatic rings. The van der Waals surface area contributed by atoms with Crippen molar-refractivity contribution in [1.29, 1.82) is 0 Å². The first-order valence-electron chi connectivity index (χ1n) is 6.48. The first-order chi connectivity index (χ1) is 10.2. The van der Waals surface area contributed by atoms with Crippen LogP contribution in [0.25, 0.3) is 9.75 Å². The molecule has 0 fully saturated rings. The molecule has 3 rings (SSSR count). The number of rotatable bonds is 2. The van der Waals surface area contributed by atoms with Gasteiger partial charge in [0, 0.05) is 25.8 Å². The second-order valence-electron chi connectivity index (χ2n) is 4.56. The van der Waals surface area contributed by atoms with E-state index in [4.69, 9.17) is 0 Å². The van der Waals surface area contributed by atoms with Crippen molar-refractivity contribution >= 4 is 29.0 Å². The zero-order valence-electron chi connectivity index (χ0n) is 11.4. The number of thiophene rings is 2. The van der Waals surface area contributed by atoms with Crippen molar-refractivity contribution in [2.24, 2.45) is 0 Å². The fourth-order valence-electron chi connectivity index (χ4n) is 1.88. The van der Waals surface area contributed by atoms with Gasteiger partial charge in [0.2, 0.25) is 0 Å². The number of hydrogen-bond acceptors (Lipinski definition) is 3. The number of carbonyl (C=O) groups is 1. The summed E-state index contributed by atoms with van der Waals surface area (Å²) < 4.78 is 0. The molecule has 2 aromatic heterocycles. The molecular weight excluding hydrogens is 296 g/mol. The topological polar surface area (TPSA) is 17.1 Å². The van der Waals surface area contributed by atoms with Gasteiger partial charge in [0.15, 0.2) is 0 Å². The number of carbonyl (C=O) groups excluding carboxylic acids is 1. The van der Waals surface area contributed by atoms with E-state index in [2.05, 4.69) is 43.0 Å². The van der Waals surface area contributed by atoms with Crippen LogP contribution in [0.1, 0.15) is 25.7 Å². The molecule has 2 heterocycles. The van der Waals surface area contributed by atoms with Gasteiger partial charge >= 0.3 is 0 Å². The predicted octanol–water partition coefficient (Wildman–Crippen LogP) is 5.00. The van der Waals surface area contributed by atoms with Gasteiger partial charge in [-0.25, -0.2) is 0 Å². The molecule has 1 aromatic carbocycles. The minimum Gasteiger partial charge on any atom is -0.298 e. The fourth-order valence-corrected chi connectivity index (χ4v) is 3.70. The molecular formula is C18H12OS2. The third-order valence-electron chi connectivity index (χ3n) is 2.97. The maximum atomic E-state index is 10.6. The predicted molar refractivity (Wildman–Crippen MR) is 90.2 cm³/mol. The monoisotopic (exact) mass is 308 g/mol. The minimum atomic E-state index is 0.673. The maximum absolute atomic E-state index is 10.6. The standard InChI is InChI=1S/C18H12OS2/c1-13-2-10-17(20-13)18-11-9-16(21-18)8-7-14-3-5-15(12-19)6-4-14/h2-6,9-12H,1H3. The van der Waals surface area contributed by atoms with Crippen LogP contribution in [0.3, 0.4) is 0 Å². The summed E-state index contributed by atoms with van der Waals surface area (Å²) in [6.07, 6.45) is 0.839. The van der Waals surface area contributed by atoms with Crippen LogP contribution >= 0.6 is 22.7 Å². The van der Waals surface area contributed by atoms with Gasteiger partial charge in [-0.15, -0.1) is 22.7 Å². The Morgan fingerprint density at radius 3 is 2.24 bits per heavy atom. The van der Waals surface area contributed by atoms with E-state index in [1.165, 1.54) is 14.6 Å². The van der Waals surface area contributed by atoms with Gasteiger partial charge in [0.25, 0.3) is 0 Å². The molecule has 0 atom stereocenters. The second kappa shape index (κ2) is 6.09. The average Bonchev–Trinajstić information content (AvgIpc) is 3.14. The Morgan fingerprint density at radius 1 is 0.857 bits per heavy atom. The zero-order chi connectivity index (χ0) is 14.7. The van der Waals surface area contributed by atoms with Gasteiger partial charge in [-0.2, -0.15) is 0 Å². The normalized spacial score (nSPS) is 9.95. The van der Waals surface area contributed by atoms with Crippen LogP contribution < -0.4 is 0 Å². The lowest BCUT2D eigenvalue weighted by Crippen LogP contribution is -1.79. The Labute approximate surface area is 131 Å². The summed E-state index contributed by atoms with van der Waals surface area (Å²) in [7, 11) is 0. The van der Waals surface area contributed by atoms with Gasteiger partial charge in [-0.1, -0.05) is 24.0 Å². The SMILES string of the molecule is Cc1ccc(-c2ccc(C#Cc3ccc(C=O)cc3)s2)s1. The highest BCUT2D eigenvalue weighted by Crippen LogP contribution is 2.32. The first-order valence-corrected chi connectivity index (χ1v) is 8.12. The molecule has 0 saturated carbocycles. The Hall–Kier alpha value is -2.15. The summed E-state index contributed by atoms with van der Waals surface area (Å²) in [5, 5.41) is 0. The first kappa shape index (κ1) is 13.8. The Kier molecular flexibility index (Phi) is 4.01. The summed E-state index contributed by atoms with van der Waals surface area (Å²) in [6, 6.07) is 15.8. The van der Waals surface area contributed by atoms with Crippen molar-refractivity contribution in [2.75, 3.05) is 0 Å². The van der Waals surface area contributed by atoms with E-state index >= 15 is 0 Å². The van der Waals surface area contributed by atoms with Gasteiger partial charge in [0.05, 0.1) is 4.88 Å². The maximum Gasteiger partial charge on any atom is 0.150 e. The van der Waals surface area contributed by atoms with Gasteiger partial charge in [-0.05, 0) is 43.3 Å². The van der Waals surface area contributed by atoms with Crippen LogP contribution in [-0.2, 0) is 0 Å². The highest BCUT2D eigenvalue weighted by Gasteiger charge is 2.03. The van der Waals surface area contributed by atoms with Crippen molar-refractivity contribution < 1.29 is 4.79 Å². The zero-order valence-corrected chi connectivity index (χ0v) is 13.1. The molecule has 0 aliphatic heterocycles. The van der Waals surface area contributed by atoms with Gasteiger partial charge in [0.1, 0.15) is 6.29 Å². The lowest BCUT2D eigenvalue weighted by atomic mass is 10.1.